The normalized spacial score (nSPS) is 44.8. The Bertz CT molecular complexity index is 253. The van der Waals surface area contributed by atoms with Crippen LogP contribution in [0.5, 0.6) is 0 Å². The minimum atomic E-state index is -3.02. The number of hydrogen-bond donors (Lipinski definition) is 2. The van der Waals surface area contributed by atoms with Crippen LogP contribution < -0.4 is 5.73 Å². The fourth-order valence-corrected chi connectivity index (χ4v) is 2.28. The van der Waals surface area contributed by atoms with Crippen LogP contribution in [0.1, 0.15) is 12.8 Å². The Balaban J connectivity index is 0.000000845. The lowest BCUT2D eigenvalue weighted by atomic mass is 9.75. The first kappa shape index (κ1) is 10.7. The predicted octanol–water partition coefficient (Wildman–Crippen LogP) is 0.865. The molecular formula is C7H10ClF2NO2. The number of halogens is 3. The number of rotatable bonds is 1. The van der Waals surface area contributed by atoms with Crippen molar-refractivity contribution in [1.29, 1.82) is 0 Å². The molecular weight excluding hydrogens is 204 g/mol. The second kappa shape index (κ2) is 2.54. The van der Waals surface area contributed by atoms with Crippen molar-refractivity contribution < 1.29 is 18.7 Å². The molecule has 3 N–H and O–H groups in total. The van der Waals surface area contributed by atoms with Crippen molar-refractivity contribution in [3.05, 3.63) is 0 Å². The molecule has 2 fully saturated rings. The average Bonchev–Trinajstić information content (AvgIpc) is 2.27. The summed E-state index contributed by atoms with van der Waals surface area (Å²) in [5.74, 6) is -5.90. The quantitative estimate of drug-likeness (QED) is 0.679. The highest BCUT2D eigenvalue weighted by molar-refractivity contribution is 5.85. The van der Waals surface area contributed by atoms with Crippen molar-refractivity contribution >= 4 is 18.4 Å². The fourth-order valence-electron chi connectivity index (χ4n) is 2.28. The Morgan fingerprint density at radius 1 is 1.46 bits per heavy atom. The maximum atomic E-state index is 12.9. The van der Waals surface area contributed by atoms with Gasteiger partial charge in [0.25, 0.3) is 5.92 Å². The topological polar surface area (TPSA) is 63.3 Å². The van der Waals surface area contributed by atoms with Gasteiger partial charge in [-0.25, -0.2) is 8.78 Å². The molecule has 0 radical (unpaired) electrons. The van der Waals surface area contributed by atoms with Gasteiger partial charge < -0.3 is 10.8 Å². The summed E-state index contributed by atoms with van der Waals surface area (Å²) in [5, 5.41) is 8.45. The van der Waals surface area contributed by atoms with Crippen LogP contribution in [0.15, 0.2) is 0 Å². The molecule has 2 saturated carbocycles. The number of aliphatic carboxylic acids is 1. The maximum absolute atomic E-state index is 12.9. The van der Waals surface area contributed by atoms with Crippen LogP contribution in [0.3, 0.4) is 0 Å². The standard InChI is InChI=1S/C7H9F2NO2.ClH/c8-7(9)4(5(11)12)6(7)1-3(10)2-6;/h3-4H,1-2,10H2,(H,11,12);1H. The third-order valence-electron chi connectivity index (χ3n) is 3.00. The summed E-state index contributed by atoms with van der Waals surface area (Å²) in [6.45, 7) is 0. The van der Waals surface area contributed by atoms with E-state index in [2.05, 4.69) is 0 Å². The van der Waals surface area contributed by atoms with Crippen LogP contribution in [0.25, 0.3) is 0 Å². The van der Waals surface area contributed by atoms with E-state index in [4.69, 9.17) is 10.8 Å². The molecule has 0 bridgehead atoms. The number of carboxylic acid groups (broad SMARTS) is 1. The van der Waals surface area contributed by atoms with Crippen molar-refractivity contribution in [2.75, 3.05) is 0 Å². The monoisotopic (exact) mass is 213 g/mol. The van der Waals surface area contributed by atoms with Crippen molar-refractivity contribution in [3.63, 3.8) is 0 Å². The summed E-state index contributed by atoms with van der Waals surface area (Å²) in [6, 6.07) is -0.236. The molecule has 76 valence electrons. The van der Waals surface area contributed by atoms with E-state index in [9.17, 15) is 13.6 Å². The van der Waals surface area contributed by atoms with Gasteiger partial charge in [-0.1, -0.05) is 0 Å². The lowest BCUT2D eigenvalue weighted by Gasteiger charge is -2.32. The molecule has 13 heavy (non-hydrogen) atoms. The Kier molecular flexibility index (Phi) is 2.08. The first-order valence-corrected chi connectivity index (χ1v) is 3.78. The predicted molar refractivity (Wildman–Crippen MR) is 43.0 cm³/mol. The molecule has 1 unspecified atom stereocenters. The molecule has 0 aromatic heterocycles. The zero-order chi connectivity index (χ0) is 9.15. The molecule has 0 aliphatic heterocycles. The number of alkyl halides is 2. The second-order valence-electron chi connectivity index (χ2n) is 3.72. The highest BCUT2D eigenvalue weighted by atomic mass is 35.5. The van der Waals surface area contributed by atoms with Crippen LogP contribution >= 0.6 is 12.4 Å². The minimum absolute atomic E-state index is 0. The van der Waals surface area contributed by atoms with Crippen LogP contribution in [-0.4, -0.2) is 23.0 Å². The van der Waals surface area contributed by atoms with Gasteiger partial charge in [0.15, 0.2) is 0 Å². The van der Waals surface area contributed by atoms with Gasteiger partial charge in [0.1, 0.15) is 5.92 Å². The molecule has 6 heteroatoms. The third-order valence-corrected chi connectivity index (χ3v) is 3.00. The van der Waals surface area contributed by atoms with E-state index >= 15 is 0 Å². The van der Waals surface area contributed by atoms with Crippen molar-refractivity contribution in [1.82, 2.24) is 0 Å². The van der Waals surface area contributed by atoms with Crippen molar-refractivity contribution in [2.24, 2.45) is 17.1 Å². The van der Waals surface area contributed by atoms with Gasteiger partial charge in [-0.3, -0.25) is 4.79 Å². The Morgan fingerprint density at radius 2 is 1.92 bits per heavy atom. The molecule has 2 aliphatic rings. The first-order chi connectivity index (χ1) is 5.42. The molecule has 3 nitrogen and oxygen atoms in total. The highest BCUT2D eigenvalue weighted by Gasteiger charge is 2.86. The lowest BCUT2D eigenvalue weighted by Crippen LogP contribution is -2.41. The van der Waals surface area contributed by atoms with Crippen LogP contribution in [-0.2, 0) is 4.79 Å². The van der Waals surface area contributed by atoms with Gasteiger partial charge in [-0.2, -0.15) is 0 Å². The second-order valence-corrected chi connectivity index (χ2v) is 3.72. The maximum Gasteiger partial charge on any atom is 0.313 e. The largest absolute Gasteiger partial charge is 0.481 e. The van der Waals surface area contributed by atoms with Gasteiger partial charge >= 0.3 is 5.97 Å². The lowest BCUT2D eigenvalue weighted by molar-refractivity contribution is -0.141. The van der Waals surface area contributed by atoms with Gasteiger partial charge in [0.2, 0.25) is 0 Å². The zero-order valence-electron chi connectivity index (χ0n) is 6.67. The zero-order valence-corrected chi connectivity index (χ0v) is 7.48. The van der Waals surface area contributed by atoms with E-state index in [0.717, 1.165) is 0 Å². The molecule has 2 rings (SSSR count). The minimum Gasteiger partial charge on any atom is -0.481 e. The summed E-state index contributed by atoms with van der Waals surface area (Å²) in [5.41, 5.74) is 4.07. The number of nitrogens with two attached hydrogens (primary N) is 1. The molecule has 1 atom stereocenters. The van der Waals surface area contributed by atoms with Crippen molar-refractivity contribution in [2.45, 2.75) is 24.8 Å². The molecule has 0 saturated heterocycles. The summed E-state index contributed by atoms with van der Waals surface area (Å²) in [4.78, 5) is 10.4. The smallest absolute Gasteiger partial charge is 0.313 e. The third kappa shape index (κ3) is 1.00. The summed E-state index contributed by atoms with van der Waals surface area (Å²) in [7, 11) is 0. The summed E-state index contributed by atoms with van der Waals surface area (Å²) >= 11 is 0. The number of hydrogen-bond acceptors (Lipinski definition) is 2. The summed E-state index contributed by atoms with van der Waals surface area (Å²) in [6.07, 6.45) is 0.300. The van der Waals surface area contributed by atoms with E-state index in [-0.39, 0.29) is 31.3 Å². The first-order valence-electron chi connectivity index (χ1n) is 3.78. The molecule has 0 aromatic carbocycles. The van der Waals surface area contributed by atoms with Crippen molar-refractivity contribution in [3.8, 4) is 0 Å². The van der Waals surface area contributed by atoms with E-state index in [1.807, 2.05) is 0 Å². The van der Waals surface area contributed by atoms with Crippen LogP contribution in [0, 0.1) is 11.3 Å². The van der Waals surface area contributed by atoms with Crippen LogP contribution in [0.2, 0.25) is 0 Å². The number of carboxylic acids is 1. The molecule has 1 spiro atoms. The van der Waals surface area contributed by atoms with E-state index in [1.165, 1.54) is 0 Å². The van der Waals surface area contributed by atoms with Gasteiger partial charge in [-0.15, -0.1) is 12.4 Å². The Labute approximate surface area is 79.7 Å². The molecule has 0 amide bonds. The highest BCUT2D eigenvalue weighted by Crippen LogP contribution is 2.74. The fraction of sp³-hybridized carbons (Fsp3) is 0.857. The van der Waals surface area contributed by atoms with Gasteiger partial charge in [0.05, 0.1) is 5.41 Å². The van der Waals surface area contributed by atoms with Gasteiger partial charge in [0, 0.05) is 6.04 Å². The number of carbonyl (C=O) groups is 1. The van der Waals surface area contributed by atoms with E-state index < -0.39 is 23.2 Å². The van der Waals surface area contributed by atoms with Crippen LogP contribution in [0.4, 0.5) is 8.78 Å². The Hall–Kier alpha value is -0.420. The summed E-state index contributed by atoms with van der Waals surface area (Å²) < 4.78 is 25.8. The molecule has 0 aromatic rings. The van der Waals surface area contributed by atoms with E-state index in [1.54, 1.807) is 0 Å². The molecule has 2 aliphatic carbocycles. The van der Waals surface area contributed by atoms with Gasteiger partial charge in [-0.05, 0) is 12.8 Å². The average molecular weight is 214 g/mol. The SMILES string of the molecule is Cl.NC1CC2(C1)C(C(=O)O)C2(F)F. The molecule has 0 heterocycles. The Morgan fingerprint density at radius 3 is 2.15 bits per heavy atom. The van der Waals surface area contributed by atoms with E-state index in [0.29, 0.717) is 0 Å².